The Labute approximate surface area is 169 Å². The van der Waals surface area contributed by atoms with Crippen molar-refractivity contribution in [1.29, 1.82) is 0 Å². The number of esters is 1. The number of nitrogens with one attached hydrogen (secondary N) is 2. The molecule has 1 aromatic heterocycles. The van der Waals surface area contributed by atoms with Crippen LogP contribution in [0.5, 0.6) is 0 Å². The third kappa shape index (κ3) is 3.56. The number of pyridine rings is 1. The van der Waals surface area contributed by atoms with Gasteiger partial charge in [0.05, 0.1) is 0 Å². The van der Waals surface area contributed by atoms with Crippen molar-refractivity contribution in [2.24, 2.45) is 23.2 Å². The van der Waals surface area contributed by atoms with E-state index in [0.717, 1.165) is 17.8 Å². The van der Waals surface area contributed by atoms with Gasteiger partial charge in [-0.15, -0.1) is 0 Å². The van der Waals surface area contributed by atoms with Crippen LogP contribution in [0.3, 0.4) is 0 Å². The molecule has 4 fully saturated rings. The van der Waals surface area contributed by atoms with Gasteiger partial charge in [-0.05, 0) is 73.8 Å². The molecule has 6 nitrogen and oxygen atoms in total. The zero-order valence-corrected chi connectivity index (χ0v) is 16.4. The van der Waals surface area contributed by atoms with E-state index in [0.29, 0.717) is 17.4 Å². The fourth-order valence-electron chi connectivity index (χ4n) is 6.36. The number of benzene rings is 1. The van der Waals surface area contributed by atoms with Gasteiger partial charge >= 0.3 is 5.97 Å². The number of ether oxygens (including phenoxy) is 1. The second kappa shape index (κ2) is 7.01. The maximum Gasteiger partial charge on any atom is 0.355 e. The first-order chi connectivity index (χ1) is 14.0. The lowest BCUT2D eigenvalue weighted by molar-refractivity contribution is -0.126. The van der Waals surface area contributed by atoms with E-state index in [2.05, 4.69) is 10.3 Å². The predicted octanol–water partition coefficient (Wildman–Crippen LogP) is 3.02. The van der Waals surface area contributed by atoms with Gasteiger partial charge < -0.3 is 15.0 Å². The molecule has 1 aromatic carbocycles. The molecule has 0 spiro atoms. The summed E-state index contributed by atoms with van der Waals surface area (Å²) in [5, 5.41) is 3.51. The maximum atomic E-state index is 12.3. The predicted molar refractivity (Wildman–Crippen MR) is 108 cm³/mol. The van der Waals surface area contributed by atoms with Crippen molar-refractivity contribution in [2.75, 3.05) is 13.2 Å². The van der Waals surface area contributed by atoms with Crippen molar-refractivity contribution in [3.8, 4) is 0 Å². The number of amides is 1. The van der Waals surface area contributed by atoms with E-state index in [9.17, 15) is 14.4 Å². The Morgan fingerprint density at radius 1 is 1.07 bits per heavy atom. The zero-order chi connectivity index (χ0) is 20.0. The van der Waals surface area contributed by atoms with E-state index in [1.165, 1.54) is 44.6 Å². The maximum absolute atomic E-state index is 12.3. The summed E-state index contributed by atoms with van der Waals surface area (Å²) in [5.41, 5.74) is 0.622. The van der Waals surface area contributed by atoms with E-state index in [4.69, 9.17) is 4.74 Å². The smallest absolute Gasteiger partial charge is 0.355 e. The minimum Gasteiger partial charge on any atom is -0.451 e. The summed E-state index contributed by atoms with van der Waals surface area (Å²) in [7, 11) is 0. The number of carbonyl (C=O) groups is 2. The van der Waals surface area contributed by atoms with E-state index in [1.807, 2.05) is 0 Å². The Morgan fingerprint density at radius 2 is 1.72 bits per heavy atom. The summed E-state index contributed by atoms with van der Waals surface area (Å²) < 4.78 is 5.14. The Bertz CT molecular complexity index is 990. The van der Waals surface area contributed by atoms with E-state index >= 15 is 0 Å². The number of aromatic nitrogens is 1. The molecule has 0 unspecified atom stereocenters. The van der Waals surface area contributed by atoms with Gasteiger partial charge in [0.1, 0.15) is 5.69 Å². The summed E-state index contributed by atoms with van der Waals surface area (Å²) in [6.07, 6.45) is 7.77. The van der Waals surface area contributed by atoms with E-state index in [-0.39, 0.29) is 29.1 Å². The van der Waals surface area contributed by atoms with Gasteiger partial charge in [0.15, 0.2) is 12.0 Å². The molecule has 6 heteroatoms. The van der Waals surface area contributed by atoms with Gasteiger partial charge in [0, 0.05) is 23.5 Å². The van der Waals surface area contributed by atoms with E-state index < -0.39 is 5.97 Å². The monoisotopic (exact) mass is 394 g/mol. The molecule has 29 heavy (non-hydrogen) atoms. The van der Waals surface area contributed by atoms with Crippen LogP contribution in [0, 0.1) is 23.2 Å². The number of H-pyrrole nitrogens is 1. The van der Waals surface area contributed by atoms with Gasteiger partial charge in [-0.25, -0.2) is 4.79 Å². The van der Waals surface area contributed by atoms with Crippen molar-refractivity contribution in [3.05, 3.63) is 46.2 Å². The van der Waals surface area contributed by atoms with Crippen LogP contribution in [0.25, 0.3) is 10.9 Å². The lowest BCUT2D eigenvalue weighted by Crippen LogP contribution is -2.51. The number of aromatic amines is 1. The highest BCUT2D eigenvalue weighted by molar-refractivity contribution is 5.92. The Morgan fingerprint density at radius 3 is 2.41 bits per heavy atom. The molecule has 2 aromatic rings. The Balaban J connectivity index is 1.17. The molecule has 0 atom stereocenters. The third-order valence-electron chi connectivity index (χ3n) is 7.12. The molecular formula is C23H26N2O4. The van der Waals surface area contributed by atoms with Gasteiger partial charge in [-0.2, -0.15) is 0 Å². The molecule has 152 valence electrons. The number of fused-ring (bicyclic) bond motifs is 1. The van der Waals surface area contributed by atoms with Crippen LogP contribution in [-0.2, 0) is 9.53 Å². The van der Waals surface area contributed by atoms with Crippen molar-refractivity contribution < 1.29 is 14.3 Å². The molecule has 4 saturated carbocycles. The highest BCUT2D eigenvalue weighted by Crippen LogP contribution is 2.59. The topological polar surface area (TPSA) is 88.3 Å². The quantitative estimate of drug-likeness (QED) is 0.763. The van der Waals surface area contributed by atoms with Crippen LogP contribution in [0.15, 0.2) is 35.1 Å². The first-order valence-corrected chi connectivity index (χ1v) is 10.6. The molecule has 4 aliphatic rings. The zero-order valence-electron chi connectivity index (χ0n) is 16.4. The van der Waals surface area contributed by atoms with Crippen molar-refractivity contribution in [3.63, 3.8) is 0 Å². The summed E-state index contributed by atoms with van der Waals surface area (Å²) in [4.78, 5) is 39.6. The van der Waals surface area contributed by atoms with Gasteiger partial charge in [0.25, 0.3) is 5.91 Å². The highest BCUT2D eigenvalue weighted by atomic mass is 16.5. The summed E-state index contributed by atoms with van der Waals surface area (Å²) in [5.74, 6) is 1.53. The van der Waals surface area contributed by atoms with Crippen LogP contribution in [0.2, 0.25) is 0 Å². The SMILES string of the molecule is O=C(COC(=O)c1cc(=O)c2ccccc2[nH]1)NCC12CC3CC(CC(C3)C1)C2. The molecule has 0 saturated heterocycles. The van der Waals surface area contributed by atoms with Crippen molar-refractivity contribution >= 4 is 22.8 Å². The molecule has 2 N–H and O–H groups in total. The largest absolute Gasteiger partial charge is 0.451 e. The third-order valence-corrected chi connectivity index (χ3v) is 7.12. The first-order valence-electron chi connectivity index (χ1n) is 10.6. The molecule has 0 aliphatic heterocycles. The molecule has 1 heterocycles. The summed E-state index contributed by atoms with van der Waals surface area (Å²) in [6, 6.07) is 8.19. The van der Waals surface area contributed by atoms with Crippen molar-refractivity contribution in [1.82, 2.24) is 10.3 Å². The molecule has 1 amide bonds. The average Bonchev–Trinajstić information content (AvgIpc) is 2.69. The van der Waals surface area contributed by atoms with Gasteiger partial charge in [-0.3, -0.25) is 9.59 Å². The summed E-state index contributed by atoms with van der Waals surface area (Å²) in [6.45, 7) is 0.347. The highest BCUT2D eigenvalue weighted by Gasteiger charge is 2.50. The van der Waals surface area contributed by atoms with E-state index in [1.54, 1.807) is 24.3 Å². The summed E-state index contributed by atoms with van der Waals surface area (Å²) >= 11 is 0. The standard InChI is InChI=1S/C23H26N2O4/c26-20-8-19(25-18-4-2-1-3-17(18)20)22(28)29-12-21(27)24-13-23-9-14-5-15(10-23)7-16(6-14)11-23/h1-4,8,14-16H,5-7,9-13H2,(H,24,27)(H,25,26). The van der Waals surface area contributed by atoms with Crippen LogP contribution < -0.4 is 10.7 Å². The number of para-hydroxylation sites is 1. The molecule has 4 bridgehead atoms. The molecular weight excluding hydrogens is 368 g/mol. The minimum atomic E-state index is -0.696. The number of rotatable bonds is 5. The lowest BCUT2D eigenvalue weighted by atomic mass is 9.49. The Kier molecular flexibility index (Phi) is 4.45. The number of hydrogen-bond acceptors (Lipinski definition) is 4. The van der Waals surface area contributed by atoms with Crippen LogP contribution in [0.4, 0.5) is 0 Å². The lowest BCUT2D eigenvalue weighted by Gasteiger charge is -2.56. The van der Waals surface area contributed by atoms with Gasteiger partial charge in [0.2, 0.25) is 0 Å². The van der Waals surface area contributed by atoms with Crippen LogP contribution in [-0.4, -0.2) is 30.0 Å². The second-order valence-corrected chi connectivity index (χ2v) is 9.36. The molecule has 6 rings (SSSR count). The fraction of sp³-hybridized carbons (Fsp3) is 0.522. The number of carbonyl (C=O) groups excluding carboxylic acids is 2. The first kappa shape index (κ1) is 18.4. The second-order valence-electron chi connectivity index (χ2n) is 9.36. The van der Waals surface area contributed by atoms with Crippen LogP contribution >= 0.6 is 0 Å². The Hall–Kier alpha value is -2.63. The normalized spacial score (nSPS) is 29.7. The van der Waals surface area contributed by atoms with Gasteiger partial charge in [-0.1, -0.05) is 12.1 Å². The van der Waals surface area contributed by atoms with Crippen molar-refractivity contribution in [2.45, 2.75) is 38.5 Å². The minimum absolute atomic E-state index is 0.0579. The fourth-order valence-corrected chi connectivity index (χ4v) is 6.36. The average molecular weight is 394 g/mol. The number of hydrogen-bond donors (Lipinski definition) is 2. The molecule has 0 radical (unpaired) electrons. The van der Waals surface area contributed by atoms with Crippen LogP contribution in [0.1, 0.15) is 49.0 Å². The molecule has 4 aliphatic carbocycles.